The van der Waals surface area contributed by atoms with Crippen LogP contribution in [0.5, 0.6) is 0 Å². The van der Waals surface area contributed by atoms with Crippen LogP contribution >= 0.6 is 8.46 Å². The van der Waals surface area contributed by atoms with Gasteiger partial charge in [0, 0.05) is 12.1 Å². The van der Waals surface area contributed by atoms with Crippen molar-refractivity contribution in [1.82, 2.24) is 0 Å². The molecule has 2 aromatic carbocycles. The minimum atomic E-state index is 0.00809. The van der Waals surface area contributed by atoms with Crippen LogP contribution in [0.3, 0.4) is 0 Å². The van der Waals surface area contributed by atoms with Gasteiger partial charge in [-0.25, -0.2) is 9.69 Å². The van der Waals surface area contributed by atoms with E-state index in [1.54, 1.807) is 24.3 Å². The largest absolute Gasteiger partial charge is 0.275 e. The van der Waals surface area contributed by atoms with Gasteiger partial charge in [-0.15, -0.1) is 0 Å². The number of nitrogens with zero attached hydrogens (tertiary/aromatic N) is 2. The summed E-state index contributed by atoms with van der Waals surface area (Å²) >= 11 is 0. The van der Waals surface area contributed by atoms with Crippen LogP contribution in [0.25, 0.3) is 9.69 Å². The molecule has 4 heteroatoms. The summed E-state index contributed by atoms with van der Waals surface area (Å²) in [6.45, 7) is 13.9. The quantitative estimate of drug-likeness (QED) is 0.556. The molecule has 0 heterocycles. The molecule has 0 amide bonds. The minimum absolute atomic E-state index is 0.00809. The topological polar surface area (TPSA) is 25.8 Å². The summed E-state index contributed by atoms with van der Waals surface area (Å²) in [5, 5.41) is 0. The summed E-state index contributed by atoms with van der Waals surface area (Å²) in [6, 6.07) is 14.7. The molecule has 0 aliphatic rings. The first-order valence-corrected chi connectivity index (χ1v) is 7.02. The third-order valence-electron chi connectivity index (χ3n) is 3.11. The van der Waals surface area contributed by atoms with Crippen LogP contribution in [0.4, 0.5) is 11.4 Å². The van der Waals surface area contributed by atoms with Gasteiger partial charge < -0.3 is 0 Å². The number of hydrogen-bond acceptors (Lipinski definition) is 1. The molecule has 0 bridgehead atoms. The van der Waals surface area contributed by atoms with E-state index in [4.69, 9.17) is 13.1 Å². The standard InChI is InChI=1S/C16H11N2OP/c1-17-14-7-3-12(4-8-14)16(11-20-19)13-5-9-15(18-2)10-6-13/h3-10,16H,11H2. The first-order chi connectivity index (χ1) is 9.78. The highest BCUT2D eigenvalue weighted by molar-refractivity contribution is 7.23. The molecule has 0 atom stereocenters. The van der Waals surface area contributed by atoms with E-state index in [1.807, 2.05) is 24.3 Å². The SMILES string of the molecule is [C-]#[N+]c1ccc(C(CP=O)c2ccc([N+]#[C-])cc2)cc1. The van der Waals surface area contributed by atoms with Gasteiger partial charge >= 0.3 is 0 Å². The number of rotatable bonds is 4. The predicted octanol–water partition coefficient (Wildman–Crippen LogP) is 5.21. The van der Waals surface area contributed by atoms with Crippen LogP contribution in [-0.2, 0) is 4.57 Å². The summed E-state index contributed by atoms with van der Waals surface area (Å²) in [6.07, 6.45) is 0.481. The summed E-state index contributed by atoms with van der Waals surface area (Å²) in [5.41, 5.74) is 3.23. The molecule has 0 aliphatic carbocycles. The van der Waals surface area contributed by atoms with E-state index in [9.17, 15) is 4.57 Å². The van der Waals surface area contributed by atoms with Crippen LogP contribution in [0.15, 0.2) is 48.5 Å². The second-order valence-corrected chi connectivity index (χ2v) is 4.89. The Kier molecular flexibility index (Phi) is 4.61. The third kappa shape index (κ3) is 3.09. The molecule has 0 saturated carbocycles. The first kappa shape index (κ1) is 13.9. The molecule has 2 aromatic rings. The Labute approximate surface area is 119 Å². The molecule has 0 aliphatic heterocycles. The third-order valence-corrected chi connectivity index (χ3v) is 3.62. The van der Waals surface area contributed by atoms with Crippen molar-refractivity contribution in [2.24, 2.45) is 0 Å². The Hall–Kier alpha value is -2.48. The van der Waals surface area contributed by atoms with Crippen molar-refractivity contribution in [3.05, 3.63) is 82.5 Å². The average molecular weight is 278 g/mol. The van der Waals surface area contributed by atoms with Gasteiger partial charge in [0.05, 0.1) is 13.1 Å². The lowest BCUT2D eigenvalue weighted by Crippen LogP contribution is -2.02. The van der Waals surface area contributed by atoms with E-state index >= 15 is 0 Å². The van der Waals surface area contributed by atoms with Crippen LogP contribution in [-0.4, -0.2) is 6.16 Å². The van der Waals surface area contributed by atoms with Crippen molar-refractivity contribution in [3.8, 4) is 0 Å². The lowest BCUT2D eigenvalue weighted by Gasteiger charge is -2.15. The summed E-state index contributed by atoms with van der Waals surface area (Å²) < 4.78 is 11.0. The van der Waals surface area contributed by atoms with Gasteiger partial charge in [-0.05, 0) is 11.1 Å². The van der Waals surface area contributed by atoms with E-state index in [1.165, 1.54) is 0 Å². The Morgan fingerprint density at radius 3 is 1.55 bits per heavy atom. The van der Waals surface area contributed by atoms with Gasteiger partial charge in [0.25, 0.3) is 0 Å². The second kappa shape index (κ2) is 6.62. The normalized spacial score (nSPS) is 10.2. The summed E-state index contributed by atoms with van der Waals surface area (Å²) in [7, 11) is 0.0808. The zero-order valence-electron chi connectivity index (χ0n) is 10.7. The number of benzene rings is 2. The lowest BCUT2D eigenvalue weighted by atomic mass is 9.93. The highest BCUT2D eigenvalue weighted by Crippen LogP contribution is 2.30. The van der Waals surface area contributed by atoms with E-state index in [0.29, 0.717) is 17.5 Å². The second-order valence-electron chi connectivity index (χ2n) is 4.27. The van der Waals surface area contributed by atoms with Crippen molar-refractivity contribution in [3.63, 3.8) is 0 Å². The van der Waals surface area contributed by atoms with E-state index < -0.39 is 0 Å². The Bertz CT molecular complexity index is 621. The number of hydrogen-bond donors (Lipinski definition) is 0. The monoisotopic (exact) mass is 278 g/mol. The van der Waals surface area contributed by atoms with E-state index in [0.717, 1.165) is 11.1 Å². The summed E-state index contributed by atoms with van der Waals surface area (Å²) in [4.78, 5) is 6.73. The minimum Gasteiger partial charge on any atom is -0.275 e. The van der Waals surface area contributed by atoms with Gasteiger partial charge in [-0.1, -0.05) is 48.5 Å². The van der Waals surface area contributed by atoms with Crippen molar-refractivity contribution in [1.29, 1.82) is 0 Å². The first-order valence-electron chi connectivity index (χ1n) is 6.02. The van der Waals surface area contributed by atoms with E-state index in [-0.39, 0.29) is 14.4 Å². The molecule has 0 saturated heterocycles. The Morgan fingerprint density at radius 1 is 0.850 bits per heavy atom. The lowest BCUT2D eigenvalue weighted by molar-refractivity contribution is 0.596. The maximum Gasteiger partial charge on any atom is 0.187 e. The highest BCUT2D eigenvalue weighted by Gasteiger charge is 2.14. The smallest absolute Gasteiger partial charge is 0.187 e. The van der Waals surface area contributed by atoms with Gasteiger partial charge in [-0.3, -0.25) is 4.57 Å². The van der Waals surface area contributed by atoms with Crippen molar-refractivity contribution < 1.29 is 4.57 Å². The van der Waals surface area contributed by atoms with Gasteiger partial charge in [0.1, 0.15) is 0 Å². The molecule has 0 N–H and O–H groups in total. The van der Waals surface area contributed by atoms with Crippen molar-refractivity contribution in [2.75, 3.05) is 6.16 Å². The maximum absolute atomic E-state index is 11.0. The van der Waals surface area contributed by atoms with Gasteiger partial charge in [-0.2, -0.15) is 0 Å². The van der Waals surface area contributed by atoms with Crippen LogP contribution in [0, 0.1) is 13.1 Å². The highest BCUT2D eigenvalue weighted by atomic mass is 31.1. The van der Waals surface area contributed by atoms with Gasteiger partial charge in [0.15, 0.2) is 19.8 Å². The molecule has 0 aromatic heterocycles. The maximum atomic E-state index is 11.0. The molecule has 20 heavy (non-hydrogen) atoms. The molecular formula is C16H11N2OP. The fraction of sp³-hybridized carbons (Fsp3) is 0.125. The molecule has 0 radical (unpaired) electrons. The molecule has 0 spiro atoms. The zero-order chi connectivity index (χ0) is 14.4. The molecule has 0 unspecified atom stereocenters. The van der Waals surface area contributed by atoms with Crippen molar-refractivity contribution >= 4 is 19.8 Å². The van der Waals surface area contributed by atoms with Crippen molar-refractivity contribution in [2.45, 2.75) is 5.92 Å². The molecular weight excluding hydrogens is 267 g/mol. The van der Waals surface area contributed by atoms with Gasteiger partial charge in [0.2, 0.25) is 0 Å². The summed E-state index contributed by atoms with van der Waals surface area (Å²) in [5.74, 6) is 0.00809. The van der Waals surface area contributed by atoms with Crippen LogP contribution < -0.4 is 0 Å². The van der Waals surface area contributed by atoms with Crippen LogP contribution in [0.1, 0.15) is 17.0 Å². The molecule has 2 rings (SSSR count). The molecule has 3 nitrogen and oxygen atoms in total. The van der Waals surface area contributed by atoms with E-state index in [2.05, 4.69) is 9.69 Å². The average Bonchev–Trinajstić information content (AvgIpc) is 2.53. The molecule has 0 fully saturated rings. The Morgan fingerprint density at radius 2 is 1.25 bits per heavy atom. The Balaban J connectivity index is 2.36. The van der Waals surface area contributed by atoms with Crippen LogP contribution in [0.2, 0.25) is 0 Å². The fourth-order valence-electron chi connectivity index (χ4n) is 2.04. The zero-order valence-corrected chi connectivity index (χ0v) is 11.5. The predicted molar refractivity (Wildman–Crippen MR) is 79.7 cm³/mol. The fourth-order valence-corrected chi connectivity index (χ4v) is 2.61. The molecule has 96 valence electrons.